The third kappa shape index (κ3) is 3.59. The van der Waals surface area contributed by atoms with E-state index in [-0.39, 0.29) is 0 Å². The largest absolute Gasteiger partial charge is 0.417 e. The summed E-state index contributed by atoms with van der Waals surface area (Å²) in [4.78, 5) is 5.21. The summed E-state index contributed by atoms with van der Waals surface area (Å²) in [6.45, 7) is 6.86. The SMILES string of the molecule is CCCN(CC)CCc1c[nH]c2cccc(C(F)(F)F)c12. The first-order valence-electron chi connectivity index (χ1n) is 7.35. The lowest BCUT2D eigenvalue weighted by Crippen LogP contribution is -2.26. The van der Waals surface area contributed by atoms with E-state index in [9.17, 15) is 13.2 Å². The molecular weight excluding hydrogens is 277 g/mol. The maximum absolute atomic E-state index is 13.1. The van der Waals surface area contributed by atoms with Crippen molar-refractivity contribution in [3.63, 3.8) is 0 Å². The summed E-state index contributed by atoms with van der Waals surface area (Å²) in [5, 5.41) is 0.317. The molecule has 0 spiro atoms. The van der Waals surface area contributed by atoms with Gasteiger partial charge in [0.1, 0.15) is 0 Å². The van der Waals surface area contributed by atoms with E-state index in [0.29, 0.717) is 17.3 Å². The van der Waals surface area contributed by atoms with Gasteiger partial charge in [0.2, 0.25) is 0 Å². The number of hydrogen-bond donors (Lipinski definition) is 1. The number of H-pyrrole nitrogens is 1. The average molecular weight is 298 g/mol. The number of alkyl halides is 3. The average Bonchev–Trinajstić information content (AvgIpc) is 2.85. The van der Waals surface area contributed by atoms with Crippen LogP contribution in [0.4, 0.5) is 13.2 Å². The Balaban J connectivity index is 2.28. The number of halogens is 3. The minimum absolute atomic E-state index is 0.317. The van der Waals surface area contributed by atoms with E-state index in [2.05, 4.69) is 23.7 Å². The molecule has 21 heavy (non-hydrogen) atoms. The number of benzene rings is 1. The van der Waals surface area contributed by atoms with Crippen LogP contribution in [0.2, 0.25) is 0 Å². The first kappa shape index (κ1) is 15.9. The minimum Gasteiger partial charge on any atom is -0.361 e. The number of fused-ring (bicyclic) bond motifs is 1. The Labute approximate surface area is 122 Å². The van der Waals surface area contributed by atoms with Gasteiger partial charge in [-0.05, 0) is 43.6 Å². The lowest BCUT2D eigenvalue weighted by Gasteiger charge is -2.19. The Bertz CT molecular complexity index is 587. The van der Waals surface area contributed by atoms with Crippen molar-refractivity contribution in [3.8, 4) is 0 Å². The molecule has 0 aliphatic rings. The van der Waals surface area contributed by atoms with Crippen LogP contribution in [0, 0.1) is 0 Å². The third-order valence-corrected chi connectivity index (χ3v) is 3.78. The number of hydrogen-bond acceptors (Lipinski definition) is 1. The number of aromatic nitrogens is 1. The number of rotatable bonds is 6. The molecule has 5 heteroatoms. The van der Waals surface area contributed by atoms with Gasteiger partial charge in [0.05, 0.1) is 5.56 Å². The van der Waals surface area contributed by atoms with Crippen LogP contribution in [0.15, 0.2) is 24.4 Å². The Hall–Kier alpha value is -1.49. The standard InChI is InChI=1S/C16H21F3N2/c1-3-9-21(4-2)10-8-12-11-20-14-7-5-6-13(15(12)14)16(17,18)19/h5-7,11,20H,3-4,8-10H2,1-2H3. The lowest BCUT2D eigenvalue weighted by atomic mass is 10.0. The van der Waals surface area contributed by atoms with E-state index in [4.69, 9.17) is 0 Å². The highest BCUT2D eigenvalue weighted by molar-refractivity contribution is 5.87. The zero-order valence-electron chi connectivity index (χ0n) is 12.4. The van der Waals surface area contributed by atoms with Crippen LogP contribution in [0.1, 0.15) is 31.4 Å². The van der Waals surface area contributed by atoms with Gasteiger partial charge >= 0.3 is 6.18 Å². The molecule has 0 radical (unpaired) electrons. The number of nitrogens with zero attached hydrogens (tertiary/aromatic N) is 1. The van der Waals surface area contributed by atoms with Crippen molar-refractivity contribution < 1.29 is 13.2 Å². The van der Waals surface area contributed by atoms with Crippen LogP contribution < -0.4 is 0 Å². The topological polar surface area (TPSA) is 19.0 Å². The molecule has 0 unspecified atom stereocenters. The fraction of sp³-hybridized carbons (Fsp3) is 0.500. The van der Waals surface area contributed by atoms with Gasteiger partial charge in [-0.1, -0.05) is 19.9 Å². The van der Waals surface area contributed by atoms with Gasteiger partial charge in [0.15, 0.2) is 0 Å². The summed E-state index contributed by atoms with van der Waals surface area (Å²) in [5.41, 5.74) is 0.751. The van der Waals surface area contributed by atoms with Gasteiger partial charge < -0.3 is 9.88 Å². The Morgan fingerprint density at radius 3 is 2.52 bits per heavy atom. The van der Waals surface area contributed by atoms with Crippen LogP contribution in [-0.4, -0.2) is 29.5 Å². The monoisotopic (exact) mass is 298 g/mol. The molecule has 1 heterocycles. The maximum Gasteiger partial charge on any atom is 0.417 e. The fourth-order valence-electron chi connectivity index (χ4n) is 2.71. The molecule has 0 bridgehead atoms. The minimum atomic E-state index is -4.32. The van der Waals surface area contributed by atoms with Crippen LogP contribution in [0.5, 0.6) is 0 Å². The van der Waals surface area contributed by atoms with E-state index in [1.54, 1.807) is 12.3 Å². The quantitative estimate of drug-likeness (QED) is 0.834. The van der Waals surface area contributed by atoms with Crippen molar-refractivity contribution in [2.75, 3.05) is 19.6 Å². The molecule has 0 saturated carbocycles. The van der Waals surface area contributed by atoms with Crippen LogP contribution in [0.3, 0.4) is 0 Å². The highest BCUT2D eigenvalue weighted by atomic mass is 19.4. The number of aromatic amines is 1. The van der Waals surface area contributed by atoms with Crippen LogP contribution in [-0.2, 0) is 12.6 Å². The molecule has 0 fully saturated rings. The van der Waals surface area contributed by atoms with Gasteiger partial charge in [0, 0.05) is 23.6 Å². The molecule has 2 aromatic rings. The fourth-order valence-corrected chi connectivity index (χ4v) is 2.71. The molecule has 1 aromatic heterocycles. The molecule has 2 nitrogen and oxygen atoms in total. The highest BCUT2D eigenvalue weighted by Gasteiger charge is 2.33. The Morgan fingerprint density at radius 2 is 1.90 bits per heavy atom. The van der Waals surface area contributed by atoms with E-state index in [1.165, 1.54) is 6.07 Å². The van der Waals surface area contributed by atoms with Crippen molar-refractivity contribution >= 4 is 10.9 Å². The molecule has 1 N–H and O–H groups in total. The van der Waals surface area contributed by atoms with Crippen molar-refractivity contribution in [2.45, 2.75) is 32.9 Å². The summed E-state index contributed by atoms with van der Waals surface area (Å²) in [7, 11) is 0. The summed E-state index contributed by atoms with van der Waals surface area (Å²) in [6, 6.07) is 4.29. The second-order valence-corrected chi connectivity index (χ2v) is 5.22. The molecule has 0 amide bonds. The number of likely N-dealkylation sites (N-methyl/N-ethyl adjacent to an activating group) is 1. The summed E-state index contributed by atoms with van der Waals surface area (Å²) >= 11 is 0. The van der Waals surface area contributed by atoms with Crippen LogP contribution >= 0.6 is 0 Å². The predicted octanol–water partition coefficient (Wildman–Crippen LogP) is 4.46. The Kier molecular flexibility index (Phi) is 4.93. The second kappa shape index (κ2) is 6.52. The van der Waals surface area contributed by atoms with E-state index >= 15 is 0 Å². The van der Waals surface area contributed by atoms with Gasteiger partial charge in [-0.2, -0.15) is 13.2 Å². The summed E-state index contributed by atoms with van der Waals surface area (Å²) in [5.74, 6) is 0. The zero-order valence-corrected chi connectivity index (χ0v) is 12.4. The molecular formula is C16H21F3N2. The molecule has 116 valence electrons. The van der Waals surface area contributed by atoms with Gasteiger partial charge in [0.25, 0.3) is 0 Å². The summed E-state index contributed by atoms with van der Waals surface area (Å²) in [6.07, 6.45) is -0.930. The third-order valence-electron chi connectivity index (χ3n) is 3.78. The molecule has 0 aliphatic carbocycles. The second-order valence-electron chi connectivity index (χ2n) is 5.22. The molecule has 2 rings (SSSR count). The smallest absolute Gasteiger partial charge is 0.361 e. The van der Waals surface area contributed by atoms with Crippen molar-refractivity contribution in [3.05, 3.63) is 35.5 Å². The van der Waals surface area contributed by atoms with Crippen molar-refractivity contribution in [1.82, 2.24) is 9.88 Å². The van der Waals surface area contributed by atoms with Crippen molar-refractivity contribution in [2.24, 2.45) is 0 Å². The molecule has 1 aromatic carbocycles. The first-order chi connectivity index (χ1) is 9.97. The van der Waals surface area contributed by atoms with E-state index in [0.717, 1.165) is 37.7 Å². The van der Waals surface area contributed by atoms with Gasteiger partial charge in [-0.25, -0.2) is 0 Å². The van der Waals surface area contributed by atoms with Crippen LogP contribution in [0.25, 0.3) is 10.9 Å². The lowest BCUT2D eigenvalue weighted by molar-refractivity contribution is -0.136. The predicted molar refractivity (Wildman–Crippen MR) is 79.4 cm³/mol. The highest BCUT2D eigenvalue weighted by Crippen LogP contribution is 2.36. The van der Waals surface area contributed by atoms with Crippen molar-refractivity contribution in [1.29, 1.82) is 0 Å². The molecule has 0 saturated heterocycles. The van der Waals surface area contributed by atoms with E-state index < -0.39 is 11.7 Å². The maximum atomic E-state index is 13.1. The first-order valence-corrected chi connectivity index (χ1v) is 7.35. The number of nitrogens with one attached hydrogen (secondary N) is 1. The molecule has 0 atom stereocenters. The normalized spacial score (nSPS) is 12.5. The van der Waals surface area contributed by atoms with E-state index in [1.807, 2.05) is 0 Å². The Morgan fingerprint density at radius 1 is 1.14 bits per heavy atom. The summed E-state index contributed by atoms with van der Waals surface area (Å²) < 4.78 is 39.4. The zero-order chi connectivity index (χ0) is 15.5. The van der Waals surface area contributed by atoms with Gasteiger partial charge in [-0.3, -0.25) is 0 Å². The van der Waals surface area contributed by atoms with Gasteiger partial charge in [-0.15, -0.1) is 0 Å². The molecule has 0 aliphatic heterocycles.